The van der Waals surface area contributed by atoms with Gasteiger partial charge in [0.25, 0.3) is 5.91 Å². The molecule has 2 aliphatic rings. The first-order chi connectivity index (χ1) is 15.5. The van der Waals surface area contributed by atoms with Crippen molar-refractivity contribution in [2.75, 3.05) is 7.11 Å². The molecule has 1 saturated heterocycles. The number of halogens is 1. The van der Waals surface area contributed by atoms with Crippen molar-refractivity contribution in [1.29, 1.82) is 0 Å². The molecule has 2 fully saturated rings. The van der Waals surface area contributed by atoms with Crippen LogP contribution in [0.5, 0.6) is 11.5 Å². The molecule has 1 aliphatic carbocycles. The van der Waals surface area contributed by atoms with Crippen LogP contribution in [0.2, 0.25) is 0 Å². The van der Waals surface area contributed by atoms with Gasteiger partial charge in [-0.3, -0.25) is 9.69 Å². The van der Waals surface area contributed by atoms with Gasteiger partial charge in [0, 0.05) is 6.04 Å². The molecule has 1 saturated carbocycles. The quantitative estimate of drug-likeness (QED) is 0.245. The zero-order valence-electron chi connectivity index (χ0n) is 17.5. The summed E-state index contributed by atoms with van der Waals surface area (Å²) in [6, 6.07) is 10.3. The Morgan fingerprint density at radius 3 is 2.53 bits per heavy atom. The predicted molar refractivity (Wildman–Crippen MR) is 126 cm³/mol. The van der Waals surface area contributed by atoms with E-state index in [9.17, 15) is 14.0 Å². The van der Waals surface area contributed by atoms with E-state index in [4.69, 9.17) is 21.7 Å². The van der Waals surface area contributed by atoms with E-state index in [1.165, 1.54) is 49.6 Å². The number of nitrogens with zero attached hydrogens (tertiary/aromatic N) is 1. The number of hydrogen-bond acceptors (Lipinski definition) is 6. The van der Waals surface area contributed by atoms with E-state index >= 15 is 0 Å². The summed E-state index contributed by atoms with van der Waals surface area (Å²) in [5.74, 6) is -0.537. The van der Waals surface area contributed by atoms with Crippen molar-refractivity contribution >= 4 is 46.3 Å². The average molecular weight is 472 g/mol. The molecule has 0 radical (unpaired) electrons. The van der Waals surface area contributed by atoms with Gasteiger partial charge in [0.15, 0.2) is 11.5 Å². The standard InChI is InChI=1S/C24H22FNO4S2/c1-29-20-13-15(7-12-19(20)30-23(28)16-8-10-17(25)11-9-16)14-21-22(27)26(24(31)32-21)18-5-3-2-4-6-18/h7-14,18H,2-6H2,1H3/b21-14-. The highest BCUT2D eigenvalue weighted by molar-refractivity contribution is 8.26. The normalized spacial score (nSPS) is 18.3. The molecule has 8 heteroatoms. The number of benzene rings is 2. The van der Waals surface area contributed by atoms with Crippen LogP contribution >= 0.6 is 24.0 Å². The molecule has 0 unspecified atom stereocenters. The molecule has 0 spiro atoms. The molecule has 0 N–H and O–H groups in total. The van der Waals surface area contributed by atoms with E-state index in [0.717, 1.165) is 31.2 Å². The van der Waals surface area contributed by atoms with Gasteiger partial charge in [-0.2, -0.15) is 0 Å². The van der Waals surface area contributed by atoms with Gasteiger partial charge in [0.05, 0.1) is 17.6 Å². The highest BCUT2D eigenvalue weighted by atomic mass is 32.2. The SMILES string of the molecule is COc1cc(/C=C2\SC(=S)N(C3CCCCC3)C2=O)ccc1OC(=O)c1ccc(F)cc1. The predicted octanol–water partition coefficient (Wildman–Crippen LogP) is 5.59. The molecule has 1 heterocycles. The molecule has 1 aliphatic heterocycles. The fourth-order valence-corrected chi connectivity index (χ4v) is 5.29. The topological polar surface area (TPSA) is 55.8 Å². The fourth-order valence-electron chi connectivity index (χ4n) is 3.89. The maximum absolute atomic E-state index is 13.1. The number of carbonyl (C=O) groups excluding carboxylic acids is 2. The first-order valence-electron chi connectivity index (χ1n) is 10.4. The number of thiocarbonyl (C=S) groups is 1. The molecule has 32 heavy (non-hydrogen) atoms. The lowest BCUT2D eigenvalue weighted by atomic mass is 9.94. The van der Waals surface area contributed by atoms with Crippen LogP contribution in [0.1, 0.15) is 48.0 Å². The number of carbonyl (C=O) groups is 2. The third-order valence-electron chi connectivity index (χ3n) is 5.53. The Bertz CT molecular complexity index is 1080. The first kappa shape index (κ1) is 22.5. The maximum Gasteiger partial charge on any atom is 0.343 e. The third kappa shape index (κ3) is 4.86. The van der Waals surface area contributed by atoms with Crippen LogP contribution in [-0.4, -0.2) is 34.2 Å². The third-order valence-corrected chi connectivity index (χ3v) is 6.86. The van der Waals surface area contributed by atoms with Gasteiger partial charge in [0.2, 0.25) is 0 Å². The van der Waals surface area contributed by atoms with E-state index in [1.807, 2.05) is 0 Å². The van der Waals surface area contributed by atoms with E-state index in [0.29, 0.717) is 15.0 Å². The largest absolute Gasteiger partial charge is 0.493 e. The number of esters is 1. The van der Waals surface area contributed by atoms with Crippen LogP contribution < -0.4 is 9.47 Å². The van der Waals surface area contributed by atoms with Crippen molar-refractivity contribution in [3.05, 3.63) is 64.3 Å². The molecular formula is C24H22FNO4S2. The summed E-state index contributed by atoms with van der Waals surface area (Å²) in [6.45, 7) is 0. The minimum absolute atomic E-state index is 0.0577. The Morgan fingerprint density at radius 2 is 1.84 bits per heavy atom. The smallest absolute Gasteiger partial charge is 0.343 e. The molecule has 4 rings (SSSR count). The summed E-state index contributed by atoms with van der Waals surface area (Å²) >= 11 is 6.79. The second-order valence-electron chi connectivity index (χ2n) is 7.65. The van der Waals surface area contributed by atoms with E-state index in [2.05, 4.69) is 0 Å². The molecule has 2 aromatic rings. The Hall–Kier alpha value is -2.71. The number of amides is 1. The summed E-state index contributed by atoms with van der Waals surface area (Å²) in [4.78, 5) is 27.7. The summed E-state index contributed by atoms with van der Waals surface area (Å²) in [6.07, 6.45) is 7.20. The van der Waals surface area contributed by atoms with E-state index in [1.54, 1.807) is 29.2 Å². The zero-order chi connectivity index (χ0) is 22.7. The number of hydrogen-bond donors (Lipinski definition) is 0. The van der Waals surface area contributed by atoms with Gasteiger partial charge in [-0.15, -0.1) is 0 Å². The monoisotopic (exact) mass is 471 g/mol. The minimum atomic E-state index is -0.621. The lowest BCUT2D eigenvalue weighted by Crippen LogP contribution is -2.39. The summed E-state index contributed by atoms with van der Waals surface area (Å²) in [7, 11) is 1.47. The van der Waals surface area contributed by atoms with Gasteiger partial charge < -0.3 is 9.47 Å². The molecular weight excluding hydrogens is 449 g/mol. The second kappa shape index (κ2) is 9.83. The summed E-state index contributed by atoms with van der Waals surface area (Å²) in [5, 5.41) is 0. The highest BCUT2D eigenvalue weighted by Gasteiger charge is 2.37. The Balaban J connectivity index is 1.51. The molecule has 0 atom stereocenters. The summed E-state index contributed by atoms with van der Waals surface area (Å²) < 4.78 is 24.5. The fraction of sp³-hybridized carbons (Fsp3) is 0.292. The van der Waals surface area contributed by atoms with Crippen molar-refractivity contribution in [3.8, 4) is 11.5 Å². The van der Waals surface area contributed by atoms with Gasteiger partial charge in [-0.05, 0) is 60.9 Å². The molecule has 2 aromatic carbocycles. The Morgan fingerprint density at radius 1 is 1.12 bits per heavy atom. The highest BCUT2D eigenvalue weighted by Crippen LogP contribution is 2.38. The lowest BCUT2D eigenvalue weighted by Gasteiger charge is -2.29. The first-order valence-corrected chi connectivity index (χ1v) is 11.6. The molecule has 0 aromatic heterocycles. The second-order valence-corrected chi connectivity index (χ2v) is 9.33. The van der Waals surface area contributed by atoms with E-state index < -0.39 is 11.8 Å². The van der Waals surface area contributed by atoms with Crippen molar-refractivity contribution in [2.24, 2.45) is 0 Å². The van der Waals surface area contributed by atoms with Crippen LogP contribution in [0.25, 0.3) is 6.08 Å². The van der Waals surface area contributed by atoms with Crippen molar-refractivity contribution in [1.82, 2.24) is 4.90 Å². The number of rotatable bonds is 5. The number of ether oxygens (including phenoxy) is 2. The number of thioether (sulfide) groups is 1. The Labute approximate surface area is 195 Å². The van der Waals surface area contributed by atoms with Crippen LogP contribution in [0, 0.1) is 5.82 Å². The van der Waals surface area contributed by atoms with Gasteiger partial charge in [0.1, 0.15) is 10.1 Å². The van der Waals surface area contributed by atoms with Crippen LogP contribution in [-0.2, 0) is 4.79 Å². The summed E-state index contributed by atoms with van der Waals surface area (Å²) in [5.41, 5.74) is 0.955. The van der Waals surface area contributed by atoms with Crippen LogP contribution in [0.3, 0.4) is 0 Å². The minimum Gasteiger partial charge on any atom is -0.493 e. The van der Waals surface area contributed by atoms with E-state index in [-0.39, 0.29) is 23.3 Å². The van der Waals surface area contributed by atoms with Crippen molar-refractivity contribution in [2.45, 2.75) is 38.1 Å². The average Bonchev–Trinajstić information content (AvgIpc) is 3.08. The van der Waals surface area contributed by atoms with Crippen LogP contribution in [0.15, 0.2) is 47.4 Å². The zero-order valence-corrected chi connectivity index (χ0v) is 19.1. The molecule has 166 valence electrons. The van der Waals surface area contributed by atoms with Gasteiger partial charge in [-0.25, -0.2) is 9.18 Å². The van der Waals surface area contributed by atoms with Crippen LogP contribution in [0.4, 0.5) is 4.39 Å². The van der Waals surface area contributed by atoms with Crippen molar-refractivity contribution < 1.29 is 23.5 Å². The van der Waals surface area contributed by atoms with Crippen molar-refractivity contribution in [3.63, 3.8) is 0 Å². The Kier molecular flexibility index (Phi) is 6.91. The molecule has 1 amide bonds. The maximum atomic E-state index is 13.1. The molecule has 5 nitrogen and oxygen atoms in total. The van der Waals surface area contributed by atoms with Gasteiger partial charge in [-0.1, -0.05) is 49.3 Å². The number of methoxy groups -OCH3 is 1. The lowest BCUT2D eigenvalue weighted by molar-refractivity contribution is -0.124. The van der Waals surface area contributed by atoms with Gasteiger partial charge >= 0.3 is 5.97 Å². The molecule has 0 bridgehead atoms.